The van der Waals surface area contributed by atoms with Gasteiger partial charge in [0.1, 0.15) is 0 Å². The molecule has 0 bridgehead atoms. The van der Waals surface area contributed by atoms with E-state index in [-0.39, 0.29) is 11.1 Å². The maximum absolute atomic E-state index is 3.20. The van der Waals surface area contributed by atoms with Gasteiger partial charge >= 0.3 is 0 Å². The molecule has 0 aromatic carbocycles. The van der Waals surface area contributed by atoms with Gasteiger partial charge in [0, 0.05) is 17.6 Å². The van der Waals surface area contributed by atoms with E-state index >= 15 is 0 Å². The van der Waals surface area contributed by atoms with Gasteiger partial charge in [-0.15, -0.1) is 0 Å². The van der Waals surface area contributed by atoms with Crippen LogP contribution < -0.4 is 5.32 Å². The van der Waals surface area contributed by atoms with Crippen LogP contribution in [0.4, 0.5) is 0 Å². The van der Waals surface area contributed by atoms with Crippen molar-refractivity contribution < 1.29 is 0 Å². The summed E-state index contributed by atoms with van der Waals surface area (Å²) in [6.07, 6.45) is 1.21. The van der Waals surface area contributed by atoms with E-state index in [2.05, 4.69) is 51.8 Å². The first kappa shape index (κ1) is 13.9. The van der Waals surface area contributed by atoms with Crippen molar-refractivity contribution in [3.63, 3.8) is 0 Å². The Balaban J connectivity index is 4.28. The number of hydrogen-bond acceptors (Lipinski definition) is 2. The molecule has 2 nitrogen and oxygen atoms in total. The Morgan fingerprint density at radius 1 is 0.929 bits per heavy atom. The van der Waals surface area contributed by atoms with Gasteiger partial charge in [-0.25, -0.2) is 0 Å². The zero-order valence-electron chi connectivity index (χ0n) is 11.1. The second kappa shape index (κ2) is 5.13. The standard InChI is InChI=1S/C12H28N2/c1-11(2,3)14(12(4,5)6)10-8-9-13-7/h13H,8-10H2,1-7H3. The fourth-order valence-electron chi connectivity index (χ4n) is 2.09. The van der Waals surface area contributed by atoms with Crippen LogP contribution in [-0.2, 0) is 0 Å². The maximum atomic E-state index is 3.20. The van der Waals surface area contributed by atoms with Crippen molar-refractivity contribution in [1.29, 1.82) is 0 Å². The first-order chi connectivity index (χ1) is 6.19. The van der Waals surface area contributed by atoms with Gasteiger partial charge in [-0.2, -0.15) is 0 Å². The molecule has 2 heteroatoms. The summed E-state index contributed by atoms with van der Waals surface area (Å²) in [6, 6.07) is 0. The average molecular weight is 200 g/mol. The van der Waals surface area contributed by atoms with Gasteiger partial charge in [-0.05, 0) is 61.6 Å². The highest BCUT2D eigenvalue weighted by molar-refractivity contribution is 4.86. The van der Waals surface area contributed by atoms with Gasteiger partial charge in [0.2, 0.25) is 0 Å². The number of hydrogen-bond donors (Lipinski definition) is 1. The Labute approximate surface area is 90.1 Å². The summed E-state index contributed by atoms with van der Waals surface area (Å²) in [4.78, 5) is 2.57. The molecule has 0 rings (SSSR count). The molecule has 0 unspecified atom stereocenters. The van der Waals surface area contributed by atoms with E-state index in [0.29, 0.717) is 0 Å². The third-order valence-corrected chi connectivity index (χ3v) is 2.43. The van der Waals surface area contributed by atoms with Crippen LogP contribution in [0.3, 0.4) is 0 Å². The number of nitrogens with zero attached hydrogens (tertiary/aromatic N) is 1. The van der Waals surface area contributed by atoms with Crippen LogP contribution in [0, 0.1) is 0 Å². The zero-order valence-corrected chi connectivity index (χ0v) is 11.1. The van der Waals surface area contributed by atoms with Crippen molar-refractivity contribution in [3.05, 3.63) is 0 Å². The molecule has 86 valence electrons. The summed E-state index contributed by atoms with van der Waals surface area (Å²) in [5.41, 5.74) is 0.512. The molecule has 0 fully saturated rings. The summed E-state index contributed by atoms with van der Waals surface area (Å²) in [7, 11) is 2.01. The lowest BCUT2D eigenvalue weighted by Gasteiger charge is -2.45. The molecule has 0 aromatic heterocycles. The lowest BCUT2D eigenvalue weighted by atomic mass is 9.95. The van der Waals surface area contributed by atoms with Crippen molar-refractivity contribution in [1.82, 2.24) is 10.2 Å². The summed E-state index contributed by atoms with van der Waals surface area (Å²) in [5, 5.41) is 3.20. The molecule has 14 heavy (non-hydrogen) atoms. The van der Waals surface area contributed by atoms with Crippen LogP contribution in [0.25, 0.3) is 0 Å². The Morgan fingerprint density at radius 2 is 1.36 bits per heavy atom. The van der Waals surface area contributed by atoms with Crippen LogP contribution in [-0.4, -0.2) is 36.1 Å². The molecule has 0 heterocycles. The van der Waals surface area contributed by atoms with E-state index in [1.807, 2.05) is 7.05 Å². The Kier molecular flexibility index (Phi) is 5.10. The first-order valence-electron chi connectivity index (χ1n) is 5.62. The van der Waals surface area contributed by atoms with Gasteiger partial charge < -0.3 is 5.32 Å². The van der Waals surface area contributed by atoms with E-state index in [4.69, 9.17) is 0 Å². The average Bonchev–Trinajstić information content (AvgIpc) is 1.92. The van der Waals surface area contributed by atoms with Crippen LogP contribution in [0.5, 0.6) is 0 Å². The quantitative estimate of drug-likeness (QED) is 0.701. The second-order valence-corrected chi connectivity index (χ2v) is 5.95. The molecular formula is C12H28N2. The lowest BCUT2D eigenvalue weighted by Crippen LogP contribution is -2.53. The predicted octanol–water partition coefficient (Wildman–Crippen LogP) is 2.49. The molecule has 0 spiro atoms. The van der Waals surface area contributed by atoms with Crippen LogP contribution in [0.1, 0.15) is 48.0 Å². The molecule has 0 radical (unpaired) electrons. The number of nitrogens with one attached hydrogen (secondary N) is 1. The molecule has 0 amide bonds. The second-order valence-electron chi connectivity index (χ2n) is 5.95. The molecule has 0 aliphatic rings. The third-order valence-electron chi connectivity index (χ3n) is 2.43. The molecule has 1 N–H and O–H groups in total. The van der Waals surface area contributed by atoms with Crippen molar-refractivity contribution in [2.75, 3.05) is 20.1 Å². The SMILES string of the molecule is CNCCCN(C(C)(C)C)C(C)(C)C. The molecule has 0 aliphatic carbocycles. The molecule has 0 aromatic rings. The van der Waals surface area contributed by atoms with Crippen LogP contribution in [0.15, 0.2) is 0 Å². The van der Waals surface area contributed by atoms with Crippen LogP contribution >= 0.6 is 0 Å². The normalized spacial score (nSPS) is 13.7. The fraction of sp³-hybridized carbons (Fsp3) is 1.00. The zero-order chi connectivity index (χ0) is 11.4. The van der Waals surface area contributed by atoms with Crippen molar-refractivity contribution in [2.24, 2.45) is 0 Å². The summed E-state index contributed by atoms with van der Waals surface area (Å²) in [6.45, 7) is 16.0. The topological polar surface area (TPSA) is 15.3 Å². The molecular weight excluding hydrogens is 172 g/mol. The molecule has 0 saturated heterocycles. The van der Waals surface area contributed by atoms with Gasteiger partial charge in [0.25, 0.3) is 0 Å². The summed E-state index contributed by atoms with van der Waals surface area (Å²) < 4.78 is 0. The van der Waals surface area contributed by atoms with E-state index in [1.165, 1.54) is 6.42 Å². The Hall–Kier alpha value is -0.0800. The van der Waals surface area contributed by atoms with E-state index in [9.17, 15) is 0 Å². The number of rotatable bonds is 4. The fourth-order valence-corrected chi connectivity index (χ4v) is 2.09. The van der Waals surface area contributed by atoms with Crippen molar-refractivity contribution in [3.8, 4) is 0 Å². The van der Waals surface area contributed by atoms with Gasteiger partial charge in [-0.1, -0.05) is 0 Å². The van der Waals surface area contributed by atoms with Crippen molar-refractivity contribution in [2.45, 2.75) is 59.0 Å². The predicted molar refractivity (Wildman–Crippen MR) is 64.8 cm³/mol. The lowest BCUT2D eigenvalue weighted by molar-refractivity contribution is 0.0376. The smallest absolute Gasteiger partial charge is 0.0130 e. The van der Waals surface area contributed by atoms with Gasteiger partial charge in [0.15, 0.2) is 0 Å². The Morgan fingerprint density at radius 3 is 1.64 bits per heavy atom. The minimum absolute atomic E-state index is 0.256. The first-order valence-corrected chi connectivity index (χ1v) is 5.62. The highest BCUT2D eigenvalue weighted by Crippen LogP contribution is 2.24. The molecule has 0 atom stereocenters. The van der Waals surface area contributed by atoms with E-state index in [0.717, 1.165) is 13.1 Å². The minimum Gasteiger partial charge on any atom is -0.320 e. The largest absolute Gasteiger partial charge is 0.320 e. The van der Waals surface area contributed by atoms with Gasteiger partial charge in [-0.3, -0.25) is 4.90 Å². The highest BCUT2D eigenvalue weighted by Gasteiger charge is 2.30. The van der Waals surface area contributed by atoms with Gasteiger partial charge in [0.05, 0.1) is 0 Å². The summed E-state index contributed by atoms with van der Waals surface area (Å²) in [5.74, 6) is 0. The molecule has 0 aliphatic heterocycles. The third kappa shape index (κ3) is 4.97. The maximum Gasteiger partial charge on any atom is 0.0130 e. The monoisotopic (exact) mass is 200 g/mol. The Bertz CT molecular complexity index is 137. The van der Waals surface area contributed by atoms with Crippen molar-refractivity contribution >= 4 is 0 Å². The minimum atomic E-state index is 0.256. The molecule has 0 saturated carbocycles. The summed E-state index contributed by atoms with van der Waals surface area (Å²) >= 11 is 0. The van der Waals surface area contributed by atoms with Crippen LogP contribution in [0.2, 0.25) is 0 Å². The van der Waals surface area contributed by atoms with E-state index in [1.54, 1.807) is 0 Å². The highest BCUT2D eigenvalue weighted by atomic mass is 15.2. The van der Waals surface area contributed by atoms with E-state index < -0.39 is 0 Å².